The van der Waals surface area contributed by atoms with E-state index >= 15 is 0 Å². The lowest BCUT2D eigenvalue weighted by atomic mass is 9.97. The summed E-state index contributed by atoms with van der Waals surface area (Å²) in [5.74, 6) is 0.841. The van der Waals surface area contributed by atoms with E-state index in [0.717, 1.165) is 17.3 Å². The summed E-state index contributed by atoms with van der Waals surface area (Å²) >= 11 is 6.27. The molecule has 1 unspecified atom stereocenters. The van der Waals surface area contributed by atoms with Gasteiger partial charge in [0.1, 0.15) is 5.75 Å². The van der Waals surface area contributed by atoms with E-state index in [-0.39, 0.29) is 0 Å². The van der Waals surface area contributed by atoms with Gasteiger partial charge in [0.05, 0.1) is 11.1 Å². The van der Waals surface area contributed by atoms with Crippen molar-refractivity contribution in [1.82, 2.24) is 5.32 Å². The lowest BCUT2D eigenvalue weighted by Gasteiger charge is -2.24. The van der Waals surface area contributed by atoms with Gasteiger partial charge >= 0.3 is 0 Å². The summed E-state index contributed by atoms with van der Waals surface area (Å²) in [4.78, 5) is 0. The molecule has 3 heteroatoms. The number of hydrogen-bond donors (Lipinski definition) is 1. The van der Waals surface area contributed by atoms with Crippen molar-refractivity contribution in [3.63, 3.8) is 0 Å². The molecule has 2 aliphatic rings. The predicted molar refractivity (Wildman–Crippen MR) is 69.7 cm³/mol. The maximum absolute atomic E-state index is 6.27. The molecule has 1 aromatic rings. The summed E-state index contributed by atoms with van der Waals surface area (Å²) < 4.78 is 5.75. The quantitative estimate of drug-likeness (QED) is 0.885. The highest BCUT2D eigenvalue weighted by Gasteiger charge is 2.24. The van der Waals surface area contributed by atoms with Crippen LogP contribution in [0.1, 0.15) is 43.7 Å². The first-order chi connectivity index (χ1) is 8.33. The molecule has 2 fully saturated rings. The molecule has 1 atom stereocenters. The van der Waals surface area contributed by atoms with Crippen LogP contribution >= 0.6 is 11.6 Å². The van der Waals surface area contributed by atoms with Crippen LogP contribution < -0.4 is 10.1 Å². The van der Waals surface area contributed by atoms with Crippen LogP contribution in [0.5, 0.6) is 5.75 Å². The van der Waals surface area contributed by atoms with Crippen LogP contribution in [0.2, 0.25) is 5.02 Å². The van der Waals surface area contributed by atoms with Gasteiger partial charge in [-0.2, -0.15) is 0 Å². The van der Waals surface area contributed by atoms with Crippen LogP contribution in [-0.2, 0) is 0 Å². The highest BCUT2D eigenvalue weighted by atomic mass is 35.5. The monoisotopic (exact) mass is 251 g/mol. The molecule has 1 saturated carbocycles. The molecular formula is C14H18ClNO. The molecule has 2 nitrogen and oxygen atoms in total. The second-order valence-electron chi connectivity index (χ2n) is 5.01. The molecule has 0 aromatic heterocycles. The second-order valence-corrected chi connectivity index (χ2v) is 5.42. The normalized spacial score (nSPS) is 24.6. The summed E-state index contributed by atoms with van der Waals surface area (Å²) in [7, 11) is 0. The van der Waals surface area contributed by atoms with Gasteiger partial charge in [-0.05, 0) is 49.9 Å². The van der Waals surface area contributed by atoms with E-state index in [1.807, 2.05) is 6.07 Å². The van der Waals surface area contributed by atoms with Crippen LogP contribution in [0.4, 0.5) is 0 Å². The number of rotatable bonds is 3. The van der Waals surface area contributed by atoms with Crippen molar-refractivity contribution in [2.75, 3.05) is 6.54 Å². The van der Waals surface area contributed by atoms with Gasteiger partial charge in [0.15, 0.2) is 0 Å². The van der Waals surface area contributed by atoms with E-state index in [2.05, 4.69) is 17.4 Å². The zero-order valence-electron chi connectivity index (χ0n) is 9.92. The lowest BCUT2D eigenvalue weighted by molar-refractivity contribution is 0.303. The topological polar surface area (TPSA) is 21.3 Å². The number of halogens is 1. The molecule has 0 radical (unpaired) electrons. The molecule has 1 aromatic carbocycles. The molecule has 1 aliphatic carbocycles. The Bertz CT molecular complexity index is 397. The number of hydrogen-bond acceptors (Lipinski definition) is 2. The molecular weight excluding hydrogens is 234 g/mol. The fourth-order valence-electron chi connectivity index (χ4n) is 2.33. The molecule has 1 N–H and O–H groups in total. The minimum absolute atomic E-state index is 0.408. The van der Waals surface area contributed by atoms with Crippen molar-refractivity contribution in [3.05, 3.63) is 28.8 Å². The first kappa shape index (κ1) is 11.4. The predicted octanol–water partition coefficient (Wildman–Crippen LogP) is 3.70. The summed E-state index contributed by atoms with van der Waals surface area (Å²) in [5.41, 5.74) is 1.29. The lowest BCUT2D eigenvalue weighted by Crippen LogP contribution is -2.26. The average Bonchev–Trinajstić information content (AvgIpc) is 3.17. The van der Waals surface area contributed by atoms with Crippen molar-refractivity contribution >= 4 is 11.6 Å². The average molecular weight is 252 g/mol. The van der Waals surface area contributed by atoms with Crippen LogP contribution in [0, 0.1) is 0 Å². The van der Waals surface area contributed by atoms with Gasteiger partial charge in [-0.1, -0.05) is 24.1 Å². The second kappa shape index (κ2) is 4.87. The SMILES string of the molecule is Clc1cc(C2CCCCN2)ccc1OC1CC1. The molecule has 0 spiro atoms. The first-order valence-corrected chi connectivity index (χ1v) is 6.90. The van der Waals surface area contributed by atoms with Crippen LogP contribution in [0.25, 0.3) is 0 Å². The van der Waals surface area contributed by atoms with Gasteiger partial charge in [0.2, 0.25) is 0 Å². The largest absolute Gasteiger partial charge is 0.489 e. The van der Waals surface area contributed by atoms with Gasteiger partial charge in [-0.25, -0.2) is 0 Å². The maximum Gasteiger partial charge on any atom is 0.138 e. The number of ether oxygens (including phenoxy) is 1. The summed E-state index contributed by atoms with van der Waals surface area (Å²) in [6.45, 7) is 1.11. The van der Waals surface area contributed by atoms with Gasteiger partial charge in [0.25, 0.3) is 0 Å². The van der Waals surface area contributed by atoms with Crippen molar-refractivity contribution in [2.45, 2.75) is 44.2 Å². The molecule has 92 valence electrons. The van der Waals surface area contributed by atoms with E-state index in [1.54, 1.807) is 0 Å². The Labute approximate surface area is 107 Å². The Morgan fingerprint density at radius 1 is 1.18 bits per heavy atom. The van der Waals surface area contributed by atoms with Gasteiger partial charge in [-0.15, -0.1) is 0 Å². The fraction of sp³-hybridized carbons (Fsp3) is 0.571. The number of benzene rings is 1. The first-order valence-electron chi connectivity index (χ1n) is 6.52. The molecule has 17 heavy (non-hydrogen) atoms. The number of piperidine rings is 1. The van der Waals surface area contributed by atoms with E-state index in [9.17, 15) is 0 Å². The van der Waals surface area contributed by atoms with E-state index in [1.165, 1.54) is 37.7 Å². The van der Waals surface area contributed by atoms with Crippen molar-refractivity contribution in [3.8, 4) is 5.75 Å². The van der Waals surface area contributed by atoms with Gasteiger partial charge in [-0.3, -0.25) is 0 Å². The summed E-state index contributed by atoms with van der Waals surface area (Å²) in [6.07, 6.45) is 6.54. The Morgan fingerprint density at radius 2 is 2.06 bits per heavy atom. The Morgan fingerprint density at radius 3 is 2.71 bits per heavy atom. The summed E-state index contributed by atoms with van der Waals surface area (Å²) in [6, 6.07) is 6.69. The molecule has 1 heterocycles. The Hall–Kier alpha value is -0.730. The highest BCUT2D eigenvalue weighted by molar-refractivity contribution is 6.32. The van der Waals surface area contributed by atoms with Crippen LogP contribution in [0.15, 0.2) is 18.2 Å². The standard InChI is InChI=1S/C14H18ClNO/c15-12-9-10(13-3-1-2-8-16-13)4-7-14(12)17-11-5-6-11/h4,7,9,11,13,16H,1-3,5-6,8H2. The van der Waals surface area contributed by atoms with Crippen molar-refractivity contribution in [2.24, 2.45) is 0 Å². The fourth-order valence-corrected chi connectivity index (χ4v) is 2.56. The zero-order chi connectivity index (χ0) is 11.7. The minimum atomic E-state index is 0.408. The molecule has 0 bridgehead atoms. The summed E-state index contributed by atoms with van der Waals surface area (Å²) in [5, 5.41) is 4.29. The van der Waals surface area contributed by atoms with E-state index in [4.69, 9.17) is 16.3 Å². The van der Waals surface area contributed by atoms with Crippen molar-refractivity contribution < 1.29 is 4.74 Å². The molecule has 1 saturated heterocycles. The van der Waals surface area contributed by atoms with Gasteiger partial charge in [0, 0.05) is 6.04 Å². The molecule has 1 aliphatic heterocycles. The smallest absolute Gasteiger partial charge is 0.138 e. The zero-order valence-corrected chi connectivity index (χ0v) is 10.7. The number of nitrogens with one attached hydrogen (secondary N) is 1. The van der Waals surface area contributed by atoms with Crippen LogP contribution in [0.3, 0.4) is 0 Å². The third kappa shape index (κ3) is 2.75. The highest BCUT2D eigenvalue weighted by Crippen LogP contribution is 2.34. The third-order valence-electron chi connectivity index (χ3n) is 3.49. The molecule has 3 rings (SSSR count). The van der Waals surface area contributed by atoms with Crippen LogP contribution in [-0.4, -0.2) is 12.6 Å². The minimum Gasteiger partial charge on any atom is -0.489 e. The van der Waals surface area contributed by atoms with Crippen molar-refractivity contribution in [1.29, 1.82) is 0 Å². The van der Waals surface area contributed by atoms with E-state index < -0.39 is 0 Å². The Balaban J connectivity index is 1.74. The Kier molecular flexibility index (Phi) is 3.26. The maximum atomic E-state index is 6.27. The molecule has 0 amide bonds. The van der Waals surface area contributed by atoms with E-state index in [0.29, 0.717) is 12.1 Å². The van der Waals surface area contributed by atoms with Gasteiger partial charge < -0.3 is 10.1 Å². The third-order valence-corrected chi connectivity index (χ3v) is 3.78.